The lowest BCUT2D eigenvalue weighted by Gasteiger charge is -2.09. The van der Waals surface area contributed by atoms with Crippen molar-refractivity contribution in [2.45, 2.75) is 0 Å². The van der Waals surface area contributed by atoms with Gasteiger partial charge in [0.25, 0.3) is 0 Å². The fourth-order valence-corrected chi connectivity index (χ4v) is 2.05. The van der Waals surface area contributed by atoms with Gasteiger partial charge in [0.05, 0.1) is 16.4 Å². The Kier molecular flexibility index (Phi) is 2.64. The summed E-state index contributed by atoms with van der Waals surface area (Å²) in [6.45, 7) is 0. The molecule has 90 valence electrons. The molecular formula is C12H9BrN4O. The van der Waals surface area contributed by atoms with E-state index in [4.69, 9.17) is 10.5 Å². The van der Waals surface area contributed by atoms with Crippen molar-refractivity contribution in [1.82, 2.24) is 14.6 Å². The number of nitrogens with two attached hydrogens (primary N) is 1. The fourth-order valence-electron chi connectivity index (χ4n) is 1.59. The van der Waals surface area contributed by atoms with Crippen LogP contribution in [0, 0.1) is 0 Å². The van der Waals surface area contributed by atoms with E-state index in [-0.39, 0.29) is 0 Å². The number of nitrogens with zero attached hydrogens (tertiary/aromatic N) is 3. The molecule has 3 rings (SSSR count). The highest BCUT2D eigenvalue weighted by Crippen LogP contribution is 2.34. The number of anilines is 1. The Morgan fingerprint density at radius 1 is 1.22 bits per heavy atom. The van der Waals surface area contributed by atoms with Gasteiger partial charge in [-0.15, -0.1) is 0 Å². The van der Waals surface area contributed by atoms with Gasteiger partial charge < -0.3 is 10.5 Å². The van der Waals surface area contributed by atoms with Gasteiger partial charge in [-0.1, -0.05) is 6.07 Å². The molecule has 1 aromatic carbocycles. The molecule has 0 spiro atoms. The van der Waals surface area contributed by atoms with Gasteiger partial charge in [-0.25, -0.2) is 4.52 Å². The van der Waals surface area contributed by atoms with Crippen molar-refractivity contribution >= 4 is 27.3 Å². The number of fused-ring (bicyclic) bond motifs is 1. The summed E-state index contributed by atoms with van der Waals surface area (Å²) in [7, 11) is 0. The number of nitrogen functional groups attached to an aromatic ring is 1. The molecule has 0 saturated carbocycles. The average molecular weight is 305 g/mol. The van der Waals surface area contributed by atoms with Crippen molar-refractivity contribution < 1.29 is 4.74 Å². The maximum atomic E-state index is 5.86. The first kappa shape index (κ1) is 11.0. The summed E-state index contributed by atoms with van der Waals surface area (Å²) >= 11 is 3.40. The molecule has 2 N–H and O–H groups in total. The third-order valence-corrected chi connectivity index (χ3v) is 3.06. The first-order chi connectivity index (χ1) is 8.74. The summed E-state index contributed by atoms with van der Waals surface area (Å²) in [5, 5.41) is 4.07. The molecule has 0 aliphatic heterocycles. The van der Waals surface area contributed by atoms with Gasteiger partial charge in [0.1, 0.15) is 0 Å². The van der Waals surface area contributed by atoms with E-state index in [2.05, 4.69) is 26.0 Å². The van der Waals surface area contributed by atoms with Gasteiger partial charge in [-0.2, -0.15) is 10.1 Å². The number of hydrogen-bond donors (Lipinski definition) is 1. The number of aromatic nitrogens is 3. The van der Waals surface area contributed by atoms with Crippen LogP contribution in [0.4, 0.5) is 5.69 Å². The molecule has 0 unspecified atom stereocenters. The van der Waals surface area contributed by atoms with Crippen molar-refractivity contribution in [2.24, 2.45) is 0 Å². The minimum Gasteiger partial charge on any atom is -0.436 e. The number of para-hydroxylation sites is 1. The largest absolute Gasteiger partial charge is 0.436 e. The van der Waals surface area contributed by atoms with Crippen molar-refractivity contribution in [2.75, 3.05) is 5.73 Å². The predicted molar refractivity (Wildman–Crippen MR) is 71.6 cm³/mol. The number of halogens is 1. The second-order valence-corrected chi connectivity index (χ2v) is 4.51. The van der Waals surface area contributed by atoms with Crippen LogP contribution in [-0.2, 0) is 0 Å². The molecule has 2 heterocycles. The summed E-state index contributed by atoms with van der Waals surface area (Å²) in [6.07, 6.45) is 3.46. The molecule has 6 heteroatoms. The van der Waals surface area contributed by atoms with Crippen LogP contribution in [0.3, 0.4) is 0 Å². The molecule has 0 aliphatic rings. The number of benzene rings is 1. The van der Waals surface area contributed by atoms with Crippen molar-refractivity contribution in [3.63, 3.8) is 0 Å². The first-order valence-corrected chi connectivity index (χ1v) is 6.05. The number of hydrogen-bond acceptors (Lipinski definition) is 4. The lowest BCUT2D eigenvalue weighted by molar-refractivity contribution is 0.462. The molecule has 5 nitrogen and oxygen atoms in total. The highest BCUT2D eigenvalue weighted by atomic mass is 79.9. The van der Waals surface area contributed by atoms with Gasteiger partial charge in [0, 0.05) is 18.3 Å². The molecule has 0 bridgehead atoms. The highest BCUT2D eigenvalue weighted by Gasteiger charge is 2.08. The monoisotopic (exact) mass is 304 g/mol. The molecule has 0 saturated heterocycles. The average Bonchev–Trinajstić information content (AvgIpc) is 2.81. The summed E-state index contributed by atoms with van der Waals surface area (Å²) in [5.74, 6) is 1.04. The standard InChI is InChI=1S/C12H9BrN4O/c13-8-2-1-3-9(14)12(8)18-11-5-7-17-10(16-11)4-6-15-17/h1-7H,14H2. The lowest BCUT2D eigenvalue weighted by Crippen LogP contribution is -1.96. The molecule has 2 aromatic heterocycles. The lowest BCUT2D eigenvalue weighted by atomic mass is 10.3. The van der Waals surface area contributed by atoms with E-state index >= 15 is 0 Å². The summed E-state index contributed by atoms with van der Waals surface area (Å²) in [4.78, 5) is 4.31. The SMILES string of the molecule is Nc1cccc(Br)c1Oc1ccn2nccc2n1. The Hall–Kier alpha value is -2.08. The van der Waals surface area contributed by atoms with Crippen molar-refractivity contribution in [3.05, 3.63) is 47.2 Å². The normalized spacial score (nSPS) is 10.7. The van der Waals surface area contributed by atoms with Crippen molar-refractivity contribution in [1.29, 1.82) is 0 Å². The molecule has 18 heavy (non-hydrogen) atoms. The van der Waals surface area contributed by atoms with E-state index in [0.29, 0.717) is 17.3 Å². The van der Waals surface area contributed by atoms with E-state index < -0.39 is 0 Å². The van der Waals surface area contributed by atoms with Gasteiger partial charge >= 0.3 is 0 Å². The minimum atomic E-state index is 0.474. The second-order valence-electron chi connectivity index (χ2n) is 3.66. The fraction of sp³-hybridized carbons (Fsp3) is 0. The van der Waals surface area contributed by atoms with Crippen LogP contribution in [0.1, 0.15) is 0 Å². The Balaban J connectivity index is 2.00. The maximum Gasteiger partial charge on any atom is 0.222 e. The predicted octanol–water partition coefficient (Wildman–Crippen LogP) is 2.87. The third kappa shape index (κ3) is 1.91. The summed E-state index contributed by atoms with van der Waals surface area (Å²) in [5.41, 5.74) is 7.14. The van der Waals surface area contributed by atoms with Crippen LogP contribution in [0.2, 0.25) is 0 Å². The molecular weight excluding hydrogens is 296 g/mol. The first-order valence-electron chi connectivity index (χ1n) is 5.26. The zero-order chi connectivity index (χ0) is 12.5. The molecule has 0 radical (unpaired) electrons. The van der Waals surface area contributed by atoms with E-state index in [1.807, 2.05) is 12.1 Å². The summed E-state index contributed by atoms with van der Waals surface area (Å²) < 4.78 is 8.15. The zero-order valence-corrected chi connectivity index (χ0v) is 10.8. The van der Waals surface area contributed by atoms with Crippen LogP contribution in [0.15, 0.2) is 47.2 Å². The Bertz CT molecular complexity index is 690. The molecule has 0 aliphatic carbocycles. The molecule has 3 aromatic rings. The van der Waals surface area contributed by atoms with Crippen LogP contribution in [0.5, 0.6) is 11.6 Å². The highest BCUT2D eigenvalue weighted by molar-refractivity contribution is 9.10. The van der Waals surface area contributed by atoms with E-state index in [1.165, 1.54) is 0 Å². The van der Waals surface area contributed by atoms with Crippen LogP contribution in [0.25, 0.3) is 5.65 Å². The second kappa shape index (κ2) is 4.30. The molecule has 0 atom stereocenters. The van der Waals surface area contributed by atoms with Gasteiger partial charge in [-0.05, 0) is 28.1 Å². The van der Waals surface area contributed by atoms with Crippen LogP contribution >= 0.6 is 15.9 Å². The third-order valence-electron chi connectivity index (χ3n) is 2.44. The van der Waals surface area contributed by atoms with Crippen LogP contribution < -0.4 is 10.5 Å². The Morgan fingerprint density at radius 3 is 2.94 bits per heavy atom. The van der Waals surface area contributed by atoms with Gasteiger partial charge in [0.2, 0.25) is 5.88 Å². The number of rotatable bonds is 2. The molecule has 0 fully saturated rings. The van der Waals surface area contributed by atoms with E-state index in [9.17, 15) is 0 Å². The topological polar surface area (TPSA) is 65.4 Å². The van der Waals surface area contributed by atoms with Crippen LogP contribution in [-0.4, -0.2) is 14.6 Å². The Morgan fingerprint density at radius 2 is 2.11 bits per heavy atom. The quantitative estimate of drug-likeness (QED) is 0.739. The maximum absolute atomic E-state index is 5.86. The van der Waals surface area contributed by atoms with Crippen molar-refractivity contribution in [3.8, 4) is 11.6 Å². The minimum absolute atomic E-state index is 0.474. The summed E-state index contributed by atoms with van der Waals surface area (Å²) in [6, 6.07) is 9.02. The zero-order valence-electron chi connectivity index (χ0n) is 9.25. The molecule has 0 amide bonds. The van der Waals surface area contributed by atoms with E-state index in [1.54, 1.807) is 35.1 Å². The van der Waals surface area contributed by atoms with Gasteiger partial charge in [-0.3, -0.25) is 0 Å². The van der Waals surface area contributed by atoms with Gasteiger partial charge in [0.15, 0.2) is 11.4 Å². The number of ether oxygens (including phenoxy) is 1. The smallest absolute Gasteiger partial charge is 0.222 e. The van der Waals surface area contributed by atoms with E-state index in [0.717, 1.165) is 10.1 Å². The Labute approximate surface area is 111 Å².